The maximum absolute atomic E-state index is 13.9. The Bertz CT molecular complexity index is 1640. The molecular formula is C30H28F4N6O3S. The highest BCUT2D eigenvalue weighted by Gasteiger charge is 2.36. The minimum absolute atomic E-state index is 0.0335. The van der Waals surface area contributed by atoms with Crippen molar-refractivity contribution in [2.24, 2.45) is 0 Å². The molecule has 14 heteroatoms. The van der Waals surface area contributed by atoms with E-state index < -0.39 is 23.7 Å². The second kappa shape index (κ2) is 12.6. The molecule has 2 heterocycles. The maximum atomic E-state index is 13.9. The molecule has 2 atom stereocenters. The molecule has 2 unspecified atom stereocenters. The molecule has 0 saturated carbocycles. The molecule has 1 saturated heterocycles. The number of carbonyl (C=O) groups excluding carboxylic acids is 2. The van der Waals surface area contributed by atoms with Gasteiger partial charge in [0.2, 0.25) is 5.91 Å². The van der Waals surface area contributed by atoms with Crippen molar-refractivity contribution in [3.05, 3.63) is 90.0 Å². The van der Waals surface area contributed by atoms with Crippen molar-refractivity contribution in [3.63, 3.8) is 0 Å². The number of hydrogen-bond donors (Lipinski definition) is 2. The van der Waals surface area contributed by atoms with E-state index >= 15 is 0 Å². The smallest absolute Gasteiger partial charge is 0.406 e. The molecule has 3 amide bonds. The summed E-state index contributed by atoms with van der Waals surface area (Å²) in [4.78, 5) is 31.5. The normalized spacial score (nSPS) is 15.9. The van der Waals surface area contributed by atoms with Gasteiger partial charge in [-0.05, 0) is 66.4 Å². The fourth-order valence-electron chi connectivity index (χ4n) is 4.67. The van der Waals surface area contributed by atoms with Crippen molar-refractivity contribution >= 4 is 29.4 Å². The van der Waals surface area contributed by atoms with Crippen LogP contribution in [0.5, 0.6) is 5.75 Å². The Hall–Kier alpha value is -4.59. The molecule has 2 N–H and O–H groups in total. The van der Waals surface area contributed by atoms with E-state index in [1.165, 1.54) is 64.1 Å². The lowest BCUT2D eigenvalue weighted by molar-refractivity contribution is -0.274. The van der Waals surface area contributed by atoms with Crippen LogP contribution < -0.4 is 20.3 Å². The summed E-state index contributed by atoms with van der Waals surface area (Å²) in [5, 5.41) is 10.1. The molecular weight excluding hydrogens is 600 g/mol. The Morgan fingerprint density at radius 1 is 1.05 bits per heavy atom. The molecule has 230 valence electrons. The summed E-state index contributed by atoms with van der Waals surface area (Å²) >= 11 is 1.28. The van der Waals surface area contributed by atoms with E-state index in [-0.39, 0.29) is 29.4 Å². The number of nitrogens with one attached hydrogen (secondary N) is 2. The summed E-state index contributed by atoms with van der Waals surface area (Å²) in [6, 6.07) is 15.9. The summed E-state index contributed by atoms with van der Waals surface area (Å²) in [5.74, 6) is -0.367. The lowest BCUT2D eigenvalue weighted by atomic mass is 10.00. The van der Waals surface area contributed by atoms with E-state index in [4.69, 9.17) is 0 Å². The predicted molar refractivity (Wildman–Crippen MR) is 158 cm³/mol. The van der Waals surface area contributed by atoms with Gasteiger partial charge in [0.15, 0.2) is 11.3 Å². The first-order valence-corrected chi connectivity index (χ1v) is 14.6. The molecule has 1 aliphatic heterocycles. The van der Waals surface area contributed by atoms with Crippen LogP contribution in [-0.2, 0) is 4.79 Å². The second-order valence-corrected chi connectivity index (χ2v) is 11.4. The molecule has 5 rings (SSSR count). The van der Waals surface area contributed by atoms with Gasteiger partial charge in [-0.2, -0.15) is 0 Å². The van der Waals surface area contributed by atoms with E-state index in [1.54, 1.807) is 18.2 Å². The van der Waals surface area contributed by atoms with Gasteiger partial charge < -0.3 is 15.4 Å². The highest BCUT2D eigenvalue weighted by molar-refractivity contribution is 8.01. The zero-order chi connectivity index (χ0) is 31.6. The first kappa shape index (κ1) is 30.9. The van der Waals surface area contributed by atoms with E-state index in [2.05, 4.69) is 25.5 Å². The van der Waals surface area contributed by atoms with Gasteiger partial charge in [-0.25, -0.2) is 18.9 Å². The highest BCUT2D eigenvalue weighted by Crippen LogP contribution is 2.35. The number of alkyl halides is 3. The Labute approximate surface area is 254 Å². The van der Waals surface area contributed by atoms with Gasteiger partial charge in [0, 0.05) is 5.56 Å². The van der Waals surface area contributed by atoms with Crippen molar-refractivity contribution in [3.8, 4) is 22.8 Å². The fraction of sp³-hybridized carbons (Fsp3) is 0.267. The zero-order valence-electron chi connectivity index (χ0n) is 23.8. The van der Waals surface area contributed by atoms with Gasteiger partial charge in [-0.3, -0.25) is 9.69 Å². The molecule has 3 aromatic carbocycles. The lowest BCUT2D eigenvalue weighted by Gasteiger charge is -2.28. The van der Waals surface area contributed by atoms with E-state index in [0.717, 1.165) is 5.56 Å². The fourth-order valence-corrected chi connectivity index (χ4v) is 5.68. The van der Waals surface area contributed by atoms with Crippen LogP contribution in [0.4, 0.5) is 28.0 Å². The van der Waals surface area contributed by atoms with Crippen molar-refractivity contribution < 1.29 is 31.9 Å². The van der Waals surface area contributed by atoms with Gasteiger partial charge in [-0.15, -0.1) is 30.0 Å². The third-order valence-corrected chi connectivity index (χ3v) is 7.89. The quantitative estimate of drug-likeness (QED) is 0.216. The number of aromatic nitrogens is 3. The summed E-state index contributed by atoms with van der Waals surface area (Å²) in [6.45, 7) is 5.64. The average molecular weight is 629 g/mol. The minimum Gasteiger partial charge on any atom is -0.406 e. The van der Waals surface area contributed by atoms with Crippen molar-refractivity contribution in [2.45, 2.75) is 44.6 Å². The maximum Gasteiger partial charge on any atom is 0.573 e. The molecule has 1 aromatic heterocycles. The summed E-state index contributed by atoms with van der Waals surface area (Å²) < 4.78 is 56.5. The monoisotopic (exact) mass is 628 g/mol. The topological polar surface area (TPSA) is 101 Å². The van der Waals surface area contributed by atoms with Crippen LogP contribution in [0.3, 0.4) is 0 Å². The number of benzene rings is 3. The average Bonchev–Trinajstić information content (AvgIpc) is 3.60. The third-order valence-electron chi connectivity index (χ3n) is 6.84. The largest absolute Gasteiger partial charge is 0.573 e. The number of ether oxygens (including phenoxy) is 1. The lowest BCUT2D eigenvalue weighted by Crippen LogP contribution is -2.49. The number of thioether (sulfide) groups is 1. The van der Waals surface area contributed by atoms with Crippen LogP contribution in [-0.4, -0.2) is 44.3 Å². The van der Waals surface area contributed by atoms with Crippen LogP contribution in [0.15, 0.2) is 73.1 Å². The second-order valence-electron chi connectivity index (χ2n) is 10.3. The number of halogens is 4. The summed E-state index contributed by atoms with van der Waals surface area (Å²) in [5.41, 5.74) is 2.58. The number of rotatable bonds is 8. The van der Waals surface area contributed by atoms with E-state index in [9.17, 15) is 27.2 Å². The SMILES string of the molecule is CC(C)c1cc(F)ccc1N1C(=O)CSC1NC(=O)NC(C)c1ccc(-c2ncn(-c3ccc(OC(F)(F)F)cc3)n2)cc1. The van der Waals surface area contributed by atoms with Crippen molar-refractivity contribution in [2.75, 3.05) is 10.7 Å². The first-order chi connectivity index (χ1) is 20.9. The molecule has 1 fully saturated rings. The van der Waals surface area contributed by atoms with Gasteiger partial charge in [0.1, 0.15) is 17.9 Å². The molecule has 9 nitrogen and oxygen atoms in total. The zero-order valence-corrected chi connectivity index (χ0v) is 24.6. The third kappa shape index (κ3) is 7.13. The molecule has 44 heavy (non-hydrogen) atoms. The van der Waals surface area contributed by atoms with Gasteiger partial charge >= 0.3 is 12.4 Å². The molecule has 0 bridgehead atoms. The molecule has 4 aromatic rings. The Balaban J connectivity index is 1.21. The molecule has 0 spiro atoms. The number of nitrogens with zero attached hydrogens (tertiary/aromatic N) is 4. The number of urea groups is 1. The summed E-state index contributed by atoms with van der Waals surface area (Å²) in [6.07, 6.45) is -3.33. The minimum atomic E-state index is -4.77. The standard InChI is InChI=1S/C30H28F4N6O3S/c1-17(2)24-14-21(31)8-13-25(24)40-26(41)15-44-29(40)37-28(42)36-18(3)19-4-6-20(7-5-19)27-35-16-39(38-27)22-9-11-23(12-10-22)43-30(32,33)34/h4-14,16-18,29H,15H2,1-3H3,(H2,36,37,42). The molecule has 0 aliphatic carbocycles. The Morgan fingerprint density at radius 3 is 2.41 bits per heavy atom. The number of carbonyl (C=O) groups is 2. The van der Waals surface area contributed by atoms with Gasteiger partial charge in [0.25, 0.3) is 0 Å². The Morgan fingerprint density at radius 2 is 1.75 bits per heavy atom. The number of hydrogen-bond acceptors (Lipinski definition) is 6. The first-order valence-electron chi connectivity index (χ1n) is 13.6. The predicted octanol–water partition coefficient (Wildman–Crippen LogP) is 6.52. The van der Waals surface area contributed by atoms with Crippen LogP contribution in [0, 0.1) is 5.82 Å². The van der Waals surface area contributed by atoms with Crippen molar-refractivity contribution in [1.82, 2.24) is 25.4 Å². The Kier molecular flexibility index (Phi) is 8.81. The van der Waals surface area contributed by atoms with Crippen molar-refractivity contribution in [1.29, 1.82) is 0 Å². The van der Waals surface area contributed by atoms with Gasteiger partial charge in [0.05, 0.1) is 23.2 Å². The van der Waals surface area contributed by atoms with Crippen LogP contribution in [0.25, 0.3) is 17.1 Å². The molecule has 0 radical (unpaired) electrons. The van der Waals surface area contributed by atoms with Crippen LogP contribution in [0.2, 0.25) is 0 Å². The van der Waals surface area contributed by atoms with E-state index in [1.807, 2.05) is 32.9 Å². The van der Waals surface area contributed by atoms with Crippen LogP contribution >= 0.6 is 11.8 Å². The number of amides is 3. The van der Waals surface area contributed by atoms with E-state index in [0.29, 0.717) is 28.3 Å². The van der Waals surface area contributed by atoms with Gasteiger partial charge in [-0.1, -0.05) is 38.1 Å². The number of anilines is 1. The highest BCUT2D eigenvalue weighted by atomic mass is 32.2. The molecule has 1 aliphatic rings. The summed E-state index contributed by atoms with van der Waals surface area (Å²) in [7, 11) is 0. The van der Waals surface area contributed by atoms with Crippen LogP contribution in [0.1, 0.15) is 43.9 Å².